The van der Waals surface area contributed by atoms with Crippen molar-refractivity contribution in [3.8, 4) is 5.75 Å². The Morgan fingerprint density at radius 3 is 2.17 bits per heavy atom. The summed E-state index contributed by atoms with van der Waals surface area (Å²) in [6.45, 7) is 2.76. The number of rotatable bonds is 13. The molecule has 0 saturated carbocycles. The van der Waals surface area contributed by atoms with Crippen molar-refractivity contribution in [1.82, 2.24) is 10.2 Å². The molecule has 0 aliphatic heterocycles. The van der Waals surface area contributed by atoms with Gasteiger partial charge < -0.3 is 15.0 Å². The van der Waals surface area contributed by atoms with Crippen molar-refractivity contribution in [2.75, 3.05) is 24.5 Å². The molecule has 1 N–H and O–H groups in total. The Labute approximate surface area is 272 Å². The van der Waals surface area contributed by atoms with Gasteiger partial charge in [-0.05, 0) is 67.4 Å². The molecule has 12 heteroatoms. The fraction of sp³-hybridized carbons (Fsp3) is 0.257. The van der Waals surface area contributed by atoms with Gasteiger partial charge in [0.25, 0.3) is 10.0 Å². The third-order valence-corrected chi connectivity index (χ3v) is 9.25. The summed E-state index contributed by atoms with van der Waals surface area (Å²) in [7, 11) is -3.08. The number of alkyl halides is 3. The van der Waals surface area contributed by atoms with Crippen LogP contribution in [0.1, 0.15) is 29.2 Å². The summed E-state index contributed by atoms with van der Waals surface area (Å²) in [4.78, 5) is 29.1. The molecule has 0 saturated heterocycles. The lowest BCUT2D eigenvalue weighted by Gasteiger charge is -2.34. The molecule has 0 aliphatic carbocycles. The predicted octanol–water partition coefficient (Wildman–Crippen LogP) is 5.99. The van der Waals surface area contributed by atoms with Crippen LogP contribution in [0.2, 0.25) is 0 Å². The van der Waals surface area contributed by atoms with Crippen LogP contribution in [-0.4, -0.2) is 51.4 Å². The van der Waals surface area contributed by atoms with Gasteiger partial charge in [0.1, 0.15) is 18.3 Å². The first kappa shape index (κ1) is 35.0. The molecule has 0 aliphatic rings. The Hall–Kier alpha value is -4.84. The minimum absolute atomic E-state index is 0.0939. The van der Waals surface area contributed by atoms with Gasteiger partial charge in [-0.15, -0.1) is 0 Å². The summed E-state index contributed by atoms with van der Waals surface area (Å²) < 4.78 is 75.5. The largest absolute Gasteiger partial charge is 0.497 e. The van der Waals surface area contributed by atoms with Crippen molar-refractivity contribution < 1.29 is 35.9 Å². The summed E-state index contributed by atoms with van der Waals surface area (Å²) in [6, 6.07) is 24.3. The Balaban J connectivity index is 1.84. The smallest absolute Gasteiger partial charge is 0.416 e. The van der Waals surface area contributed by atoms with Gasteiger partial charge >= 0.3 is 6.18 Å². The van der Waals surface area contributed by atoms with Crippen LogP contribution in [0.15, 0.2) is 108 Å². The number of amides is 2. The molecular weight excluding hydrogens is 631 g/mol. The van der Waals surface area contributed by atoms with E-state index in [9.17, 15) is 31.2 Å². The average molecular weight is 668 g/mol. The summed E-state index contributed by atoms with van der Waals surface area (Å²) in [5, 5.41) is 2.77. The van der Waals surface area contributed by atoms with Gasteiger partial charge in [0.05, 0.1) is 23.3 Å². The maximum atomic E-state index is 14.4. The number of halogens is 3. The number of nitrogens with one attached hydrogen (secondary N) is 1. The van der Waals surface area contributed by atoms with Gasteiger partial charge in [0, 0.05) is 19.5 Å². The zero-order valence-electron chi connectivity index (χ0n) is 26.2. The molecule has 1 atom stereocenters. The number of benzene rings is 4. The second kappa shape index (κ2) is 15.2. The zero-order chi connectivity index (χ0) is 34.2. The molecule has 4 rings (SSSR count). The molecule has 0 bridgehead atoms. The molecule has 47 heavy (non-hydrogen) atoms. The Kier molecular flexibility index (Phi) is 11.3. The van der Waals surface area contributed by atoms with Crippen LogP contribution in [0.4, 0.5) is 18.9 Å². The number of anilines is 1. The second-order valence-electron chi connectivity index (χ2n) is 10.8. The normalized spacial score (nSPS) is 12.2. The second-order valence-corrected chi connectivity index (χ2v) is 12.7. The van der Waals surface area contributed by atoms with Crippen LogP contribution in [-0.2, 0) is 38.8 Å². The molecule has 0 fully saturated rings. The average Bonchev–Trinajstić information content (AvgIpc) is 3.05. The topological polar surface area (TPSA) is 96.0 Å². The summed E-state index contributed by atoms with van der Waals surface area (Å²) in [5.74, 6) is -0.771. The lowest BCUT2D eigenvalue weighted by molar-refractivity contribution is -0.140. The molecule has 0 aromatic heterocycles. The lowest BCUT2D eigenvalue weighted by atomic mass is 10.0. The molecule has 4 aromatic carbocycles. The molecular formula is C35H36F3N3O5S. The van der Waals surface area contributed by atoms with Gasteiger partial charge in [-0.1, -0.05) is 66.2 Å². The number of likely N-dealkylation sites (N-methyl/N-ethyl adjacent to an activating group) is 1. The minimum atomic E-state index is -4.77. The third kappa shape index (κ3) is 8.91. The molecule has 8 nitrogen and oxygen atoms in total. The predicted molar refractivity (Wildman–Crippen MR) is 173 cm³/mol. The summed E-state index contributed by atoms with van der Waals surface area (Å²) in [5.41, 5.74) is 0.666. The van der Waals surface area contributed by atoms with Gasteiger partial charge in [-0.25, -0.2) is 8.42 Å². The molecule has 0 radical (unpaired) electrons. The molecule has 0 spiro atoms. The summed E-state index contributed by atoms with van der Waals surface area (Å²) >= 11 is 0. The maximum Gasteiger partial charge on any atom is 0.416 e. The van der Waals surface area contributed by atoms with E-state index in [4.69, 9.17) is 4.74 Å². The number of nitrogens with zero attached hydrogens (tertiary/aromatic N) is 2. The number of ether oxygens (including phenoxy) is 1. The van der Waals surface area contributed by atoms with Crippen molar-refractivity contribution in [3.63, 3.8) is 0 Å². The SMILES string of the molecule is CCNC(=O)[C@H](Cc1ccccc1)N(Cc1cccc(OC)c1)C(=O)CN(c1cccc(C(F)(F)F)c1)S(=O)(=O)c1ccc(C)cc1. The first-order chi connectivity index (χ1) is 22.3. The van der Waals surface area contributed by atoms with E-state index >= 15 is 0 Å². The molecule has 2 amide bonds. The van der Waals surface area contributed by atoms with Crippen LogP contribution < -0.4 is 14.4 Å². The van der Waals surface area contributed by atoms with E-state index in [1.54, 1.807) is 74.5 Å². The fourth-order valence-electron chi connectivity index (χ4n) is 5.02. The third-order valence-electron chi connectivity index (χ3n) is 7.46. The Morgan fingerprint density at radius 1 is 0.872 bits per heavy atom. The number of aryl methyl sites for hydroxylation is 1. The maximum absolute atomic E-state index is 14.4. The van der Waals surface area contributed by atoms with Crippen LogP contribution in [0.25, 0.3) is 0 Å². The fourth-order valence-corrected chi connectivity index (χ4v) is 6.42. The van der Waals surface area contributed by atoms with Gasteiger partial charge in [0.15, 0.2) is 0 Å². The molecule has 0 heterocycles. The number of hydrogen-bond acceptors (Lipinski definition) is 5. The highest BCUT2D eigenvalue weighted by molar-refractivity contribution is 7.92. The highest BCUT2D eigenvalue weighted by Gasteiger charge is 2.36. The highest BCUT2D eigenvalue weighted by atomic mass is 32.2. The lowest BCUT2D eigenvalue weighted by Crippen LogP contribution is -2.53. The number of carbonyl (C=O) groups is 2. The van der Waals surface area contributed by atoms with E-state index in [1.807, 2.05) is 6.07 Å². The molecule has 0 unspecified atom stereocenters. The van der Waals surface area contributed by atoms with Crippen LogP contribution >= 0.6 is 0 Å². The first-order valence-electron chi connectivity index (χ1n) is 14.8. The van der Waals surface area contributed by atoms with Gasteiger partial charge in [0.2, 0.25) is 11.8 Å². The van der Waals surface area contributed by atoms with Crippen molar-refractivity contribution in [3.05, 3.63) is 125 Å². The van der Waals surface area contributed by atoms with E-state index in [0.717, 1.165) is 23.3 Å². The van der Waals surface area contributed by atoms with E-state index in [1.165, 1.54) is 30.2 Å². The summed E-state index contributed by atoms with van der Waals surface area (Å²) in [6.07, 6.45) is -4.67. The molecule has 4 aromatic rings. The number of methoxy groups -OCH3 is 1. The monoisotopic (exact) mass is 667 g/mol. The first-order valence-corrected chi connectivity index (χ1v) is 16.3. The van der Waals surface area contributed by atoms with Crippen LogP contribution in [0.3, 0.4) is 0 Å². The molecule has 248 valence electrons. The van der Waals surface area contributed by atoms with E-state index in [0.29, 0.717) is 21.7 Å². The van der Waals surface area contributed by atoms with E-state index in [2.05, 4.69) is 5.32 Å². The number of carbonyl (C=O) groups excluding carboxylic acids is 2. The Morgan fingerprint density at radius 2 is 1.53 bits per heavy atom. The van der Waals surface area contributed by atoms with E-state index < -0.39 is 46.2 Å². The number of sulfonamides is 1. The minimum Gasteiger partial charge on any atom is -0.497 e. The standard InChI is InChI=1S/C35H36F3N3O5S/c1-4-39-34(43)32(21-26-10-6-5-7-11-26)40(23-27-12-8-15-30(20-27)46-3)33(42)24-41(29-14-9-13-28(22-29)35(36,37)38)47(44,45)31-18-16-25(2)17-19-31/h5-20,22,32H,4,21,23-24H2,1-3H3,(H,39,43)/t32-/m0/s1. The van der Waals surface area contributed by atoms with Crippen molar-refractivity contribution >= 4 is 27.5 Å². The van der Waals surface area contributed by atoms with Crippen molar-refractivity contribution in [1.29, 1.82) is 0 Å². The van der Waals surface area contributed by atoms with Gasteiger partial charge in [-0.2, -0.15) is 13.2 Å². The zero-order valence-corrected chi connectivity index (χ0v) is 27.0. The van der Waals surface area contributed by atoms with Gasteiger partial charge in [-0.3, -0.25) is 13.9 Å². The quantitative estimate of drug-likeness (QED) is 0.189. The van der Waals surface area contributed by atoms with Crippen molar-refractivity contribution in [2.45, 2.75) is 43.9 Å². The van der Waals surface area contributed by atoms with Crippen LogP contribution in [0, 0.1) is 6.92 Å². The number of hydrogen-bond donors (Lipinski definition) is 1. The van der Waals surface area contributed by atoms with E-state index in [-0.39, 0.29) is 30.1 Å². The highest BCUT2D eigenvalue weighted by Crippen LogP contribution is 2.33. The Bertz CT molecular complexity index is 1780. The van der Waals surface area contributed by atoms with Crippen LogP contribution in [0.5, 0.6) is 5.75 Å². The van der Waals surface area contributed by atoms with Crippen molar-refractivity contribution in [2.24, 2.45) is 0 Å².